The number of aryl methyl sites for hydroxylation is 1. The molecule has 1 heterocycles. The lowest BCUT2D eigenvalue weighted by Gasteiger charge is -2.01. The normalized spacial score (nSPS) is 11.0. The van der Waals surface area contributed by atoms with E-state index < -0.39 is 0 Å². The second-order valence-corrected chi connectivity index (χ2v) is 5.17. The number of aromatic amines is 1. The average molecular weight is 302 g/mol. The zero-order valence-electron chi connectivity index (χ0n) is 9.87. The molecule has 3 rings (SSSR count). The van der Waals surface area contributed by atoms with Gasteiger partial charge in [-0.05, 0) is 31.2 Å². The molecule has 0 aliphatic carbocycles. The van der Waals surface area contributed by atoms with Crippen molar-refractivity contribution in [2.75, 3.05) is 5.73 Å². The first kappa shape index (κ1) is 11.3. The summed E-state index contributed by atoms with van der Waals surface area (Å²) in [6.07, 6.45) is 0. The number of imidazole rings is 1. The number of benzene rings is 2. The van der Waals surface area contributed by atoms with Crippen LogP contribution in [0.2, 0.25) is 0 Å². The molecule has 0 bridgehead atoms. The zero-order chi connectivity index (χ0) is 12.7. The highest BCUT2D eigenvalue weighted by atomic mass is 79.9. The Morgan fingerprint density at radius 2 is 2.06 bits per heavy atom. The topological polar surface area (TPSA) is 54.7 Å². The molecule has 3 nitrogen and oxygen atoms in total. The summed E-state index contributed by atoms with van der Waals surface area (Å²) in [6, 6.07) is 11.9. The monoisotopic (exact) mass is 301 g/mol. The quantitative estimate of drug-likeness (QED) is 0.670. The highest BCUT2D eigenvalue weighted by molar-refractivity contribution is 9.10. The molecule has 0 atom stereocenters. The number of rotatable bonds is 1. The van der Waals surface area contributed by atoms with Crippen LogP contribution in [-0.4, -0.2) is 9.97 Å². The van der Waals surface area contributed by atoms with Crippen molar-refractivity contribution < 1.29 is 0 Å². The number of halogens is 1. The fourth-order valence-corrected chi connectivity index (χ4v) is 2.44. The van der Waals surface area contributed by atoms with Gasteiger partial charge in [-0.2, -0.15) is 0 Å². The number of aromatic nitrogens is 2. The van der Waals surface area contributed by atoms with E-state index in [0.717, 1.165) is 26.9 Å². The van der Waals surface area contributed by atoms with Crippen LogP contribution in [0.1, 0.15) is 5.56 Å². The van der Waals surface area contributed by atoms with Crippen LogP contribution < -0.4 is 5.73 Å². The van der Waals surface area contributed by atoms with Gasteiger partial charge in [0.1, 0.15) is 11.3 Å². The number of anilines is 1. The predicted octanol–water partition coefficient (Wildman–Crippen LogP) is 3.88. The van der Waals surface area contributed by atoms with E-state index in [1.807, 2.05) is 24.3 Å². The van der Waals surface area contributed by atoms with Gasteiger partial charge in [0, 0.05) is 10.0 Å². The van der Waals surface area contributed by atoms with Gasteiger partial charge in [-0.15, -0.1) is 0 Å². The van der Waals surface area contributed by atoms with Crippen LogP contribution in [0.3, 0.4) is 0 Å². The summed E-state index contributed by atoms with van der Waals surface area (Å²) >= 11 is 3.55. The molecule has 1 aromatic heterocycles. The Bertz CT molecular complexity index is 731. The lowest BCUT2D eigenvalue weighted by molar-refractivity contribution is 1.31. The molecule has 0 aliphatic heterocycles. The third-order valence-corrected chi connectivity index (χ3v) is 3.61. The highest BCUT2D eigenvalue weighted by Crippen LogP contribution is 2.30. The fourth-order valence-electron chi connectivity index (χ4n) is 2.00. The summed E-state index contributed by atoms with van der Waals surface area (Å²) in [5, 5.41) is 0. The molecule has 0 amide bonds. The SMILES string of the molecule is Cc1ccc(Br)c(-c2nc3c(N)cccc3[nH]2)c1. The van der Waals surface area contributed by atoms with E-state index >= 15 is 0 Å². The number of nitrogens with zero attached hydrogens (tertiary/aromatic N) is 1. The maximum atomic E-state index is 5.92. The second kappa shape index (κ2) is 4.14. The molecule has 90 valence electrons. The Morgan fingerprint density at radius 1 is 1.22 bits per heavy atom. The summed E-state index contributed by atoms with van der Waals surface area (Å²) in [5.41, 5.74) is 10.6. The van der Waals surface area contributed by atoms with Crippen molar-refractivity contribution in [2.24, 2.45) is 0 Å². The predicted molar refractivity (Wildman–Crippen MR) is 78.4 cm³/mol. The van der Waals surface area contributed by atoms with E-state index in [1.165, 1.54) is 5.56 Å². The first-order chi connectivity index (χ1) is 8.65. The highest BCUT2D eigenvalue weighted by Gasteiger charge is 2.10. The molecule has 3 aromatic rings. The number of nitrogens with one attached hydrogen (secondary N) is 1. The zero-order valence-corrected chi connectivity index (χ0v) is 11.5. The van der Waals surface area contributed by atoms with E-state index in [4.69, 9.17) is 5.73 Å². The molecule has 0 spiro atoms. The molecule has 0 unspecified atom stereocenters. The molecule has 0 saturated carbocycles. The summed E-state index contributed by atoms with van der Waals surface area (Å²) in [4.78, 5) is 7.87. The number of para-hydroxylation sites is 1. The molecule has 3 N–H and O–H groups in total. The number of hydrogen-bond acceptors (Lipinski definition) is 2. The van der Waals surface area contributed by atoms with Crippen molar-refractivity contribution in [3.05, 3.63) is 46.4 Å². The Balaban J connectivity index is 2.26. The van der Waals surface area contributed by atoms with Gasteiger partial charge < -0.3 is 10.7 Å². The number of nitrogens with two attached hydrogens (primary N) is 1. The lowest BCUT2D eigenvalue weighted by atomic mass is 10.1. The minimum atomic E-state index is 0.693. The molecule has 18 heavy (non-hydrogen) atoms. The van der Waals surface area contributed by atoms with Gasteiger partial charge in [0.05, 0.1) is 11.2 Å². The molecule has 4 heteroatoms. The summed E-state index contributed by atoms with van der Waals surface area (Å²) in [6.45, 7) is 2.06. The molecule has 0 aliphatic rings. The van der Waals surface area contributed by atoms with Crippen LogP contribution in [0, 0.1) is 6.92 Å². The second-order valence-electron chi connectivity index (χ2n) is 4.31. The van der Waals surface area contributed by atoms with Gasteiger partial charge in [0.15, 0.2) is 0 Å². The van der Waals surface area contributed by atoms with Crippen LogP contribution >= 0.6 is 15.9 Å². The Kier molecular flexibility index (Phi) is 2.59. The lowest BCUT2D eigenvalue weighted by Crippen LogP contribution is -1.86. The first-order valence-corrected chi connectivity index (χ1v) is 6.45. The van der Waals surface area contributed by atoms with Gasteiger partial charge in [0.2, 0.25) is 0 Å². The standard InChI is InChI=1S/C14H12BrN3/c1-8-5-6-10(15)9(7-8)14-17-12-4-2-3-11(16)13(12)18-14/h2-7H,16H2,1H3,(H,17,18). The molecule has 2 aromatic carbocycles. The maximum Gasteiger partial charge on any atom is 0.139 e. The van der Waals surface area contributed by atoms with Crippen molar-refractivity contribution in [1.29, 1.82) is 0 Å². The van der Waals surface area contributed by atoms with Crippen LogP contribution in [0.5, 0.6) is 0 Å². The minimum absolute atomic E-state index is 0.693. The maximum absolute atomic E-state index is 5.92. The molecule has 0 radical (unpaired) electrons. The first-order valence-electron chi connectivity index (χ1n) is 5.66. The Hall–Kier alpha value is -1.81. The van der Waals surface area contributed by atoms with E-state index in [-0.39, 0.29) is 0 Å². The van der Waals surface area contributed by atoms with Crippen molar-refractivity contribution in [2.45, 2.75) is 6.92 Å². The number of hydrogen-bond donors (Lipinski definition) is 2. The third kappa shape index (κ3) is 1.78. The van der Waals surface area contributed by atoms with E-state index in [2.05, 4.69) is 45.0 Å². The van der Waals surface area contributed by atoms with Gasteiger partial charge in [-0.3, -0.25) is 0 Å². The van der Waals surface area contributed by atoms with Crippen molar-refractivity contribution >= 4 is 32.7 Å². The van der Waals surface area contributed by atoms with Crippen LogP contribution in [-0.2, 0) is 0 Å². The van der Waals surface area contributed by atoms with E-state index in [0.29, 0.717) is 5.69 Å². The van der Waals surface area contributed by atoms with Crippen LogP contribution in [0.15, 0.2) is 40.9 Å². The minimum Gasteiger partial charge on any atom is -0.397 e. The number of H-pyrrole nitrogens is 1. The van der Waals surface area contributed by atoms with Crippen LogP contribution in [0.25, 0.3) is 22.4 Å². The Morgan fingerprint density at radius 3 is 2.83 bits per heavy atom. The molecular formula is C14H12BrN3. The van der Waals surface area contributed by atoms with Crippen molar-refractivity contribution in [1.82, 2.24) is 9.97 Å². The van der Waals surface area contributed by atoms with Gasteiger partial charge in [-0.25, -0.2) is 4.98 Å². The largest absolute Gasteiger partial charge is 0.397 e. The summed E-state index contributed by atoms with van der Waals surface area (Å²) < 4.78 is 1.02. The fraction of sp³-hybridized carbons (Fsp3) is 0.0714. The molecular weight excluding hydrogens is 290 g/mol. The Labute approximate surface area is 113 Å². The summed E-state index contributed by atoms with van der Waals surface area (Å²) in [7, 11) is 0. The van der Waals surface area contributed by atoms with Crippen molar-refractivity contribution in [3.8, 4) is 11.4 Å². The van der Waals surface area contributed by atoms with Gasteiger partial charge >= 0.3 is 0 Å². The number of fused-ring (bicyclic) bond motifs is 1. The van der Waals surface area contributed by atoms with Crippen LogP contribution in [0.4, 0.5) is 5.69 Å². The van der Waals surface area contributed by atoms with E-state index in [1.54, 1.807) is 0 Å². The third-order valence-electron chi connectivity index (χ3n) is 2.92. The van der Waals surface area contributed by atoms with Gasteiger partial charge in [-0.1, -0.05) is 33.6 Å². The smallest absolute Gasteiger partial charge is 0.139 e. The molecule has 0 fully saturated rings. The summed E-state index contributed by atoms with van der Waals surface area (Å²) in [5.74, 6) is 0.832. The molecule has 0 saturated heterocycles. The van der Waals surface area contributed by atoms with Gasteiger partial charge in [0.25, 0.3) is 0 Å². The van der Waals surface area contributed by atoms with Crippen molar-refractivity contribution in [3.63, 3.8) is 0 Å². The van der Waals surface area contributed by atoms with E-state index in [9.17, 15) is 0 Å². The average Bonchev–Trinajstić information content (AvgIpc) is 2.77. The number of nitrogen functional groups attached to an aromatic ring is 1.